The molecular formula is C45H46N6O7S. The van der Waals surface area contributed by atoms with Crippen LogP contribution in [0.3, 0.4) is 0 Å². The zero-order valence-electron chi connectivity index (χ0n) is 33.3. The summed E-state index contributed by atoms with van der Waals surface area (Å²) >= 11 is 1.66. The molecule has 0 bridgehead atoms. The smallest absolute Gasteiger partial charge is 0.407 e. The highest BCUT2D eigenvalue weighted by Crippen LogP contribution is 2.40. The molecule has 4 amide bonds. The number of carbonyl (C=O) groups excluding carboxylic acids is 4. The second-order valence-corrected chi connectivity index (χ2v) is 16.4. The highest BCUT2D eigenvalue weighted by Gasteiger charge is 2.39. The van der Waals surface area contributed by atoms with E-state index in [4.69, 9.17) is 23.9 Å². The average Bonchev–Trinajstić information content (AvgIpc) is 4.10. The number of thiophene rings is 1. The number of nitrogens with zero attached hydrogens (tertiary/aromatic N) is 4. The third kappa shape index (κ3) is 8.09. The Hall–Kier alpha value is -6.28. The van der Waals surface area contributed by atoms with Gasteiger partial charge in [-0.2, -0.15) is 0 Å². The quantitative estimate of drug-likeness (QED) is 0.147. The minimum atomic E-state index is -0.896. The van der Waals surface area contributed by atoms with Crippen molar-refractivity contribution in [1.82, 2.24) is 20.4 Å². The largest absolute Gasteiger partial charge is 0.455 e. The molecule has 2 N–H and O–H groups in total. The van der Waals surface area contributed by atoms with E-state index in [1.165, 1.54) is 14.2 Å². The number of hydrogen-bond donors (Lipinski definition) is 2. The van der Waals surface area contributed by atoms with E-state index in [-0.39, 0.29) is 29.8 Å². The Labute approximate surface area is 346 Å². The SMILES string of the molecule is COC(=O)N[C@H](C(=O)N1CCC[C@H]1C1=NC=C(c2cc3oc(-c4ccc(C5=CN=C([C@@H]6C=CCN6C(=O)[C@H](NC(=O)OC)c6ccccc6)C5)cc4)cc3s2)C1)C(C)C. The van der Waals surface area contributed by atoms with Gasteiger partial charge in [0.1, 0.15) is 23.4 Å². The zero-order valence-corrected chi connectivity index (χ0v) is 34.2. The van der Waals surface area contributed by atoms with Crippen molar-refractivity contribution in [3.8, 4) is 11.3 Å². The van der Waals surface area contributed by atoms with Gasteiger partial charge in [-0.15, -0.1) is 11.3 Å². The Balaban J connectivity index is 0.883. The van der Waals surface area contributed by atoms with Crippen molar-refractivity contribution in [2.45, 2.75) is 63.7 Å². The number of rotatable bonds is 11. The van der Waals surface area contributed by atoms with E-state index in [2.05, 4.69) is 34.9 Å². The molecule has 0 unspecified atom stereocenters. The average molecular weight is 815 g/mol. The summed E-state index contributed by atoms with van der Waals surface area (Å²) in [5.41, 5.74) is 7.42. The topological polar surface area (TPSA) is 155 Å². The molecule has 4 aliphatic rings. The maximum atomic E-state index is 13.9. The number of fused-ring (bicyclic) bond motifs is 1. The fourth-order valence-electron chi connectivity index (χ4n) is 8.16. The number of methoxy groups -OCH3 is 2. The van der Waals surface area contributed by atoms with E-state index < -0.39 is 24.3 Å². The third-order valence-electron chi connectivity index (χ3n) is 11.3. The van der Waals surface area contributed by atoms with Crippen LogP contribution >= 0.6 is 11.3 Å². The summed E-state index contributed by atoms with van der Waals surface area (Å²) in [6, 6.07) is 19.5. The molecule has 1 fully saturated rings. The van der Waals surface area contributed by atoms with Gasteiger partial charge in [0.15, 0.2) is 0 Å². The summed E-state index contributed by atoms with van der Waals surface area (Å²) in [6.45, 7) is 4.86. The number of furan rings is 1. The maximum absolute atomic E-state index is 13.9. The van der Waals surface area contributed by atoms with Crippen LogP contribution in [0.5, 0.6) is 0 Å². The highest BCUT2D eigenvalue weighted by molar-refractivity contribution is 7.20. The first-order valence-corrected chi connectivity index (χ1v) is 20.6. The zero-order chi connectivity index (χ0) is 41.2. The lowest BCUT2D eigenvalue weighted by atomic mass is 9.98. The van der Waals surface area contributed by atoms with Gasteiger partial charge in [-0.05, 0) is 47.1 Å². The Morgan fingerprint density at radius 3 is 2.25 bits per heavy atom. The van der Waals surface area contributed by atoms with Gasteiger partial charge in [-0.25, -0.2) is 9.59 Å². The van der Waals surface area contributed by atoms with Gasteiger partial charge in [-0.3, -0.25) is 19.6 Å². The highest BCUT2D eigenvalue weighted by atomic mass is 32.1. The lowest BCUT2D eigenvalue weighted by Gasteiger charge is -2.31. The Bertz CT molecular complexity index is 2390. The maximum Gasteiger partial charge on any atom is 0.407 e. The molecule has 6 heterocycles. The minimum absolute atomic E-state index is 0.0926. The number of benzene rings is 2. The number of amides is 4. The molecule has 0 radical (unpaired) electrons. The van der Waals surface area contributed by atoms with Crippen LogP contribution in [-0.2, 0) is 19.1 Å². The van der Waals surface area contributed by atoms with Gasteiger partial charge in [0.25, 0.3) is 5.91 Å². The lowest BCUT2D eigenvalue weighted by molar-refractivity contribution is -0.134. The predicted molar refractivity (Wildman–Crippen MR) is 228 cm³/mol. The van der Waals surface area contributed by atoms with E-state index in [1.807, 2.05) is 85.8 Å². The summed E-state index contributed by atoms with van der Waals surface area (Å²) in [7, 11) is 2.57. The van der Waals surface area contributed by atoms with Gasteiger partial charge in [0.2, 0.25) is 5.91 Å². The Morgan fingerprint density at radius 2 is 1.53 bits per heavy atom. The van der Waals surface area contributed by atoms with Gasteiger partial charge in [0, 0.05) is 66.3 Å². The molecule has 4 aromatic rings. The van der Waals surface area contributed by atoms with E-state index in [1.54, 1.807) is 16.2 Å². The summed E-state index contributed by atoms with van der Waals surface area (Å²) in [6.07, 6.45) is 9.37. The molecule has 14 heteroatoms. The van der Waals surface area contributed by atoms with Crippen molar-refractivity contribution >= 4 is 68.2 Å². The summed E-state index contributed by atoms with van der Waals surface area (Å²) in [4.78, 5) is 65.9. The van der Waals surface area contributed by atoms with E-state index in [0.717, 1.165) is 67.5 Å². The van der Waals surface area contributed by atoms with Crippen LogP contribution in [0.15, 0.2) is 106 Å². The van der Waals surface area contributed by atoms with Gasteiger partial charge >= 0.3 is 12.2 Å². The molecule has 59 heavy (non-hydrogen) atoms. The second kappa shape index (κ2) is 16.9. The molecule has 13 nitrogen and oxygen atoms in total. The van der Waals surface area contributed by atoms with Crippen LogP contribution in [-0.4, -0.2) is 90.7 Å². The van der Waals surface area contributed by atoms with Gasteiger partial charge in [-0.1, -0.05) is 80.6 Å². The summed E-state index contributed by atoms with van der Waals surface area (Å²) < 4.78 is 17.0. The monoisotopic (exact) mass is 814 g/mol. The normalized spacial score (nSPS) is 19.7. The van der Waals surface area contributed by atoms with E-state index >= 15 is 0 Å². The minimum Gasteiger partial charge on any atom is -0.455 e. The molecule has 1 saturated heterocycles. The van der Waals surface area contributed by atoms with Gasteiger partial charge in [0.05, 0.1) is 31.0 Å². The van der Waals surface area contributed by atoms with Crippen molar-refractivity contribution in [1.29, 1.82) is 0 Å². The molecule has 0 saturated carbocycles. The van der Waals surface area contributed by atoms with Crippen LogP contribution in [0.1, 0.15) is 61.6 Å². The molecule has 8 rings (SSSR count). The van der Waals surface area contributed by atoms with Crippen molar-refractivity contribution in [2.24, 2.45) is 15.9 Å². The molecular weight excluding hydrogens is 769 g/mol. The summed E-state index contributed by atoms with van der Waals surface area (Å²) in [5.74, 6) is 0.336. The van der Waals surface area contributed by atoms with Crippen LogP contribution < -0.4 is 10.6 Å². The number of nitrogens with one attached hydrogen (secondary N) is 2. The van der Waals surface area contributed by atoms with Crippen molar-refractivity contribution < 1.29 is 33.1 Å². The number of carbonyl (C=O) groups is 4. The van der Waals surface area contributed by atoms with Crippen molar-refractivity contribution in [3.63, 3.8) is 0 Å². The standard InChI is InChI=1S/C45H46N6O7S/c1-26(2)40(48-44(54)56-3)42(52)50-18-8-13-35(50)33-21-31(25-47-33)38-23-37-39(59-38)22-36(58-37)28-16-14-27(15-17-28)30-20-32(46-24-30)34-12-9-19-51(34)43(53)41(49-45(55)57-4)29-10-6-5-7-11-29/h5-7,9-12,14-17,22-26,34-35,40-41H,8,13,18-21H2,1-4H3,(H,48,54)(H,49,55)/t34-,35-,40-,41+/m0/s1. The fourth-order valence-corrected chi connectivity index (χ4v) is 9.19. The lowest BCUT2D eigenvalue weighted by Crippen LogP contribution is -2.53. The second-order valence-electron chi connectivity index (χ2n) is 15.3. The predicted octanol–water partition coefficient (Wildman–Crippen LogP) is 7.77. The molecule has 0 spiro atoms. The van der Waals surface area contributed by atoms with Crippen LogP contribution in [0.25, 0.3) is 32.8 Å². The molecule has 304 valence electrons. The molecule has 4 atom stereocenters. The molecule has 2 aromatic carbocycles. The first kappa shape index (κ1) is 39.5. The summed E-state index contributed by atoms with van der Waals surface area (Å²) in [5, 5.41) is 5.42. The third-order valence-corrected chi connectivity index (χ3v) is 12.4. The first-order chi connectivity index (χ1) is 28.6. The number of ether oxygens (including phenoxy) is 2. The van der Waals surface area contributed by atoms with Crippen molar-refractivity contribution in [2.75, 3.05) is 27.3 Å². The van der Waals surface area contributed by atoms with Gasteiger partial charge < -0.3 is 34.3 Å². The number of likely N-dealkylation sites (tertiary alicyclic amines) is 1. The fraction of sp³-hybridized carbons (Fsp3) is 0.333. The van der Waals surface area contributed by atoms with Crippen LogP contribution in [0.2, 0.25) is 0 Å². The van der Waals surface area contributed by atoms with E-state index in [0.29, 0.717) is 31.5 Å². The number of alkyl carbamates (subject to hydrolysis) is 2. The Kier molecular flexibility index (Phi) is 11.3. The number of hydrogen-bond acceptors (Lipinski definition) is 10. The Morgan fingerprint density at radius 1 is 0.831 bits per heavy atom. The van der Waals surface area contributed by atoms with Crippen LogP contribution in [0, 0.1) is 5.92 Å². The van der Waals surface area contributed by atoms with Crippen LogP contribution in [0.4, 0.5) is 9.59 Å². The molecule has 2 aromatic heterocycles. The van der Waals surface area contributed by atoms with Crippen molar-refractivity contribution in [3.05, 3.63) is 107 Å². The number of aliphatic imine (C=N–C) groups is 2. The molecule has 0 aliphatic carbocycles. The molecule has 4 aliphatic heterocycles. The van der Waals surface area contributed by atoms with E-state index in [9.17, 15) is 19.2 Å². The first-order valence-electron chi connectivity index (χ1n) is 19.8. The number of allylic oxidation sites excluding steroid dienone is 2.